The fraction of sp³-hybridized carbons (Fsp3) is 0. The minimum absolute atomic E-state index is 0.102. The zero-order valence-corrected chi connectivity index (χ0v) is 7.18. The summed E-state index contributed by atoms with van der Waals surface area (Å²) in [5.41, 5.74) is 6.40. The third-order valence-corrected chi connectivity index (χ3v) is 1.70. The Kier molecular flexibility index (Phi) is 2.06. The van der Waals surface area contributed by atoms with Crippen LogP contribution in [-0.4, -0.2) is 15.2 Å². The predicted molar refractivity (Wildman–Crippen MR) is 49.6 cm³/mol. The minimum atomic E-state index is -0.318. The van der Waals surface area contributed by atoms with Gasteiger partial charge < -0.3 is 5.73 Å². The topological polar surface area (TPSA) is 64.7 Å². The van der Waals surface area contributed by atoms with Crippen molar-refractivity contribution in [3.05, 3.63) is 36.3 Å². The second-order valence-electron chi connectivity index (χ2n) is 2.71. The van der Waals surface area contributed by atoms with E-state index in [9.17, 15) is 4.39 Å². The molecule has 2 aromatic rings. The van der Waals surface area contributed by atoms with E-state index in [2.05, 4.69) is 15.2 Å². The Morgan fingerprint density at radius 2 is 2.07 bits per heavy atom. The molecule has 0 atom stereocenters. The lowest BCUT2D eigenvalue weighted by molar-refractivity contribution is 0.628. The number of hydrogen-bond donors (Lipinski definition) is 1. The minimum Gasteiger partial charge on any atom is -0.366 e. The maximum absolute atomic E-state index is 12.8. The number of nitrogen functional groups attached to an aromatic ring is 1. The van der Waals surface area contributed by atoms with Gasteiger partial charge in [-0.25, -0.2) is 9.37 Å². The van der Waals surface area contributed by atoms with Crippen molar-refractivity contribution in [2.24, 2.45) is 0 Å². The molecule has 5 heteroatoms. The first kappa shape index (κ1) is 8.55. The Balaban J connectivity index is 2.44. The molecule has 0 bridgehead atoms. The number of rotatable bonds is 1. The Bertz CT molecular complexity index is 441. The lowest BCUT2D eigenvalue weighted by atomic mass is 10.2. The zero-order chi connectivity index (χ0) is 9.97. The van der Waals surface area contributed by atoms with E-state index in [1.807, 2.05) is 0 Å². The van der Waals surface area contributed by atoms with E-state index in [1.165, 1.54) is 18.3 Å². The molecule has 0 aliphatic carbocycles. The summed E-state index contributed by atoms with van der Waals surface area (Å²) in [6, 6.07) is 6.05. The van der Waals surface area contributed by atoms with E-state index >= 15 is 0 Å². The van der Waals surface area contributed by atoms with Gasteiger partial charge in [-0.1, -0.05) is 12.1 Å². The Morgan fingerprint density at radius 1 is 1.21 bits per heavy atom. The molecular weight excluding hydrogens is 183 g/mol. The first-order valence-electron chi connectivity index (χ1n) is 3.97. The molecule has 0 aliphatic rings. The molecule has 0 radical (unpaired) electrons. The van der Waals surface area contributed by atoms with E-state index < -0.39 is 0 Å². The molecule has 14 heavy (non-hydrogen) atoms. The monoisotopic (exact) mass is 190 g/mol. The molecular formula is C9H7FN4. The van der Waals surface area contributed by atoms with E-state index in [-0.39, 0.29) is 11.8 Å². The van der Waals surface area contributed by atoms with Crippen molar-refractivity contribution in [1.29, 1.82) is 0 Å². The van der Waals surface area contributed by atoms with Crippen molar-refractivity contribution in [2.45, 2.75) is 0 Å². The maximum atomic E-state index is 12.8. The van der Waals surface area contributed by atoms with Crippen LogP contribution in [0.4, 0.5) is 10.3 Å². The molecule has 2 N–H and O–H groups in total. The molecule has 70 valence electrons. The van der Waals surface area contributed by atoms with Gasteiger partial charge in [-0.3, -0.25) is 0 Å². The second kappa shape index (κ2) is 3.37. The average molecular weight is 190 g/mol. The highest BCUT2D eigenvalue weighted by Gasteiger charge is 2.01. The number of hydrogen-bond acceptors (Lipinski definition) is 4. The standard InChI is InChI=1S/C9H7FN4/c10-7-3-1-2-6(4-7)8-5-12-9(11)14-13-8/h1-5H,(H2,11,12,14). The van der Waals surface area contributed by atoms with Gasteiger partial charge in [-0.05, 0) is 12.1 Å². The number of halogens is 1. The van der Waals surface area contributed by atoms with Crippen molar-refractivity contribution in [2.75, 3.05) is 5.73 Å². The smallest absolute Gasteiger partial charge is 0.240 e. The highest BCUT2D eigenvalue weighted by Crippen LogP contribution is 2.15. The van der Waals surface area contributed by atoms with Crippen molar-refractivity contribution in [3.63, 3.8) is 0 Å². The van der Waals surface area contributed by atoms with Crippen LogP contribution < -0.4 is 5.73 Å². The summed E-state index contributed by atoms with van der Waals surface area (Å²) in [5, 5.41) is 7.36. The summed E-state index contributed by atoms with van der Waals surface area (Å²) in [5.74, 6) is -0.216. The Hall–Kier alpha value is -2.04. The first-order valence-corrected chi connectivity index (χ1v) is 3.97. The molecule has 0 amide bonds. The number of benzene rings is 1. The summed E-state index contributed by atoms with van der Waals surface area (Å²) in [7, 11) is 0. The lowest BCUT2D eigenvalue weighted by Crippen LogP contribution is -1.97. The molecule has 0 unspecified atom stereocenters. The average Bonchev–Trinajstić information content (AvgIpc) is 2.19. The molecule has 1 heterocycles. The Labute approximate surface area is 79.6 Å². The van der Waals surface area contributed by atoms with Crippen LogP contribution in [-0.2, 0) is 0 Å². The van der Waals surface area contributed by atoms with Crippen LogP contribution in [0.5, 0.6) is 0 Å². The van der Waals surface area contributed by atoms with E-state index in [1.54, 1.807) is 12.1 Å². The molecule has 2 rings (SSSR count). The highest BCUT2D eigenvalue weighted by atomic mass is 19.1. The molecule has 1 aromatic heterocycles. The third kappa shape index (κ3) is 1.66. The van der Waals surface area contributed by atoms with Crippen LogP contribution in [0, 0.1) is 5.82 Å². The van der Waals surface area contributed by atoms with E-state index in [0.29, 0.717) is 11.3 Å². The van der Waals surface area contributed by atoms with Gasteiger partial charge in [0.2, 0.25) is 5.95 Å². The predicted octanol–water partition coefficient (Wildman–Crippen LogP) is 1.26. The van der Waals surface area contributed by atoms with Crippen molar-refractivity contribution < 1.29 is 4.39 Å². The number of nitrogens with two attached hydrogens (primary N) is 1. The molecule has 0 fully saturated rings. The molecule has 0 spiro atoms. The van der Waals surface area contributed by atoms with Crippen molar-refractivity contribution >= 4 is 5.95 Å². The molecule has 0 saturated carbocycles. The van der Waals surface area contributed by atoms with Crippen LogP contribution in [0.2, 0.25) is 0 Å². The van der Waals surface area contributed by atoms with Gasteiger partial charge in [0.1, 0.15) is 11.5 Å². The highest BCUT2D eigenvalue weighted by molar-refractivity contribution is 5.57. The van der Waals surface area contributed by atoms with Gasteiger partial charge in [0.05, 0.1) is 6.20 Å². The molecule has 0 aliphatic heterocycles. The normalized spacial score (nSPS) is 10.1. The van der Waals surface area contributed by atoms with Crippen LogP contribution >= 0.6 is 0 Å². The van der Waals surface area contributed by atoms with Crippen LogP contribution in [0.1, 0.15) is 0 Å². The van der Waals surface area contributed by atoms with Crippen LogP contribution in [0.25, 0.3) is 11.3 Å². The SMILES string of the molecule is Nc1ncc(-c2cccc(F)c2)nn1. The summed E-state index contributed by atoms with van der Waals surface area (Å²) < 4.78 is 12.8. The first-order chi connectivity index (χ1) is 6.75. The number of anilines is 1. The summed E-state index contributed by atoms with van der Waals surface area (Å²) >= 11 is 0. The quantitative estimate of drug-likeness (QED) is 0.735. The van der Waals surface area contributed by atoms with Crippen LogP contribution in [0.3, 0.4) is 0 Å². The van der Waals surface area contributed by atoms with E-state index in [4.69, 9.17) is 5.73 Å². The second-order valence-corrected chi connectivity index (χ2v) is 2.71. The van der Waals surface area contributed by atoms with E-state index in [0.717, 1.165) is 0 Å². The molecule has 1 aromatic carbocycles. The van der Waals surface area contributed by atoms with Crippen LogP contribution in [0.15, 0.2) is 30.5 Å². The molecule has 4 nitrogen and oxygen atoms in total. The summed E-state index contributed by atoms with van der Waals surface area (Å²) in [6.45, 7) is 0. The summed E-state index contributed by atoms with van der Waals surface area (Å²) in [4.78, 5) is 3.77. The van der Waals surface area contributed by atoms with Gasteiger partial charge in [0.15, 0.2) is 0 Å². The zero-order valence-electron chi connectivity index (χ0n) is 7.18. The fourth-order valence-corrected chi connectivity index (χ4v) is 1.06. The number of aromatic nitrogens is 3. The molecule has 0 saturated heterocycles. The largest absolute Gasteiger partial charge is 0.366 e. The lowest BCUT2D eigenvalue weighted by Gasteiger charge is -1.98. The Morgan fingerprint density at radius 3 is 2.71 bits per heavy atom. The third-order valence-electron chi connectivity index (χ3n) is 1.70. The van der Waals surface area contributed by atoms with Crippen molar-refractivity contribution in [1.82, 2.24) is 15.2 Å². The van der Waals surface area contributed by atoms with Gasteiger partial charge in [-0.15, -0.1) is 10.2 Å². The van der Waals surface area contributed by atoms with Gasteiger partial charge in [0, 0.05) is 5.56 Å². The maximum Gasteiger partial charge on any atom is 0.240 e. The fourth-order valence-electron chi connectivity index (χ4n) is 1.06. The number of nitrogens with zero attached hydrogens (tertiary/aromatic N) is 3. The van der Waals surface area contributed by atoms with Gasteiger partial charge >= 0.3 is 0 Å². The van der Waals surface area contributed by atoms with Gasteiger partial charge in [0.25, 0.3) is 0 Å². The van der Waals surface area contributed by atoms with Gasteiger partial charge in [-0.2, -0.15) is 0 Å². The summed E-state index contributed by atoms with van der Waals surface area (Å²) in [6.07, 6.45) is 1.46. The van der Waals surface area contributed by atoms with Crippen molar-refractivity contribution in [3.8, 4) is 11.3 Å².